The highest BCUT2D eigenvalue weighted by Crippen LogP contribution is 2.23. The van der Waals surface area contributed by atoms with Crippen LogP contribution < -0.4 is 15.2 Å². The Bertz CT molecular complexity index is 1590. The van der Waals surface area contributed by atoms with Crippen molar-refractivity contribution in [3.63, 3.8) is 0 Å². The Labute approximate surface area is 208 Å². The molecule has 5 aromatic rings. The fourth-order valence-corrected chi connectivity index (χ4v) is 3.89. The number of pyridine rings is 2. The van der Waals surface area contributed by atoms with Crippen LogP contribution in [0.5, 0.6) is 0 Å². The summed E-state index contributed by atoms with van der Waals surface area (Å²) in [6.07, 6.45) is 5.61. The molecule has 1 aromatic carbocycles. The molecule has 0 aliphatic rings. The molecule has 0 fully saturated rings. The van der Waals surface area contributed by atoms with Gasteiger partial charge in [0.2, 0.25) is 5.91 Å². The first-order chi connectivity index (χ1) is 17.5. The molecule has 36 heavy (non-hydrogen) atoms. The van der Waals surface area contributed by atoms with Gasteiger partial charge in [-0.2, -0.15) is 4.40 Å². The number of hydrogen-bond donors (Lipinski definition) is 2. The van der Waals surface area contributed by atoms with Crippen molar-refractivity contribution in [1.82, 2.24) is 19.9 Å². The van der Waals surface area contributed by atoms with Crippen LogP contribution in [0.3, 0.4) is 0 Å². The molecule has 1 amide bonds. The van der Waals surface area contributed by atoms with Gasteiger partial charge in [-0.15, -0.1) is 0 Å². The Morgan fingerprint density at radius 1 is 1.08 bits per heavy atom. The number of carbonyl (C=O) groups excluding carboxylic acids is 1. The summed E-state index contributed by atoms with van der Waals surface area (Å²) in [7, 11) is 3.73. The lowest BCUT2D eigenvalue weighted by molar-refractivity contribution is -0.658. The number of fused-ring (bicyclic) bond motifs is 1. The molecule has 8 nitrogen and oxygen atoms in total. The number of aromatic nitrogens is 4. The van der Waals surface area contributed by atoms with Crippen molar-refractivity contribution < 1.29 is 13.9 Å². The summed E-state index contributed by atoms with van der Waals surface area (Å²) in [5, 5.41) is 9.78. The molecule has 0 saturated carbocycles. The van der Waals surface area contributed by atoms with Gasteiger partial charge >= 0.3 is 0 Å². The maximum absolute atomic E-state index is 12.4. The number of benzene rings is 1. The smallest absolute Gasteiger partial charge is 0.296 e. The molecule has 5 rings (SSSR count). The van der Waals surface area contributed by atoms with Crippen molar-refractivity contribution in [2.45, 2.75) is 13.0 Å². The number of amides is 1. The first kappa shape index (κ1) is 23.0. The van der Waals surface area contributed by atoms with E-state index in [-0.39, 0.29) is 11.9 Å². The van der Waals surface area contributed by atoms with Crippen molar-refractivity contribution in [2.24, 2.45) is 7.05 Å². The third-order valence-electron chi connectivity index (χ3n) is 5.94. The first-order valence-electron chi connectivity index (χ1n) is 11.5. The van der Waals surface area contributed by atoms with Crippen LogP contribution >= 0.6 is 0 Å². The molecule has 0 saturated heterocycles. The van der Waals surface area contributed by atoms with E-state index in [0.717, 1.165) is 33.7 Å². The van der Waals surface area contributed by atoms with Crippen LogP contribution in [0.2, 0.25) is 0 Å². The highest BCUT2D eigenvalue weighted by molar-refractivity contribution is 5.94. The lowest BCUT2D eigenvalue weighted by Gasteiger charge is -2.11. The Morgan fingerprint density at radius 2 is 1.92 bits per heavy atom. The van der Waals surface area contributed by atoms with Crippen LogP contribution in [0.25, 0.3) is 28.2 Å². The van der Waals surface area contributed by atoms with Gasteiger partial charge in [0.25, 0.3) is 5.82 Å². The Morgan fingerprint density at radius 3 is 2.67 bits per heavy atom. The number of anilines is 1. The average Bonchev–Trinajstić information content (AvgIpc) is 3.55. The zero-order chi connectivity index (χ0) is 25.1. The summed E-state index contributed by atoms with van der Waals surface area (Å²) in [5.41, 5.74) is 5.02. The number of aryl methyl sites for hydroxylation is 1. The number of nitrogens with one attached hydrogen (secondary N) is 2. The van der Waals surface area contributed by atoms with Crippen LogP contribution in [-0.2, 0) is 11.8 Å². The highest BCUT2D eigenvalue weighted by atomic mass is 16.5. The predicted octanol–water partition coefficient (Wildman–Crippen LogP) is 3.43. The van der Waals surface area contributed by atoms with Crippen molar-refractivity contribution in [3.8, 4) is 34.5 Å². The first-order valence-corrected chi connectivity index (χ1v) is 11.5. The Balaban J connectivity index is 1.56. The van der Waals surface area contributed by atoms with E-state index in [1.165, 1.54) is 0 Å². The molecule has 1 unspecified atom stereocenters. The lowest BCUT2D eigenvalue weighted by Crippen LogP contribution is -2.35. The van der Waals surface area contributed by atoms with Gasteiger partial charge in [0.15, 0.2) is 5.52 Å². The molecule has 0 radical (unpaired) electrons. The topological polar surface area (TPSA) is 88.3 Å². The standard InChI is InChI=1S/C28H24N6O2/c1-19(29-2)27(35)31-26-14-12-23(28-33(3)18-22-6-4-5-16-34(22)28)25(30-26)13-9-20-7-10-21(11-8-20)24-15-17-36-32-24/h4-8,10-12,14-19,29H,1-3H3/p+1. The molecule has 1 atom stereocenters. The van der Waals surface area contributed by atoms with E-state index < -0.39 is 0 Å². The van der Waals surface area contributed by atoms with Gasteiger partial charge in [-0.3, -0.25) is 4.79 Å². The van der Waals surface area contributed by atoms with Gasteiger partial charge in [-0.1, -0.05) is 29.3 Å². The molecule has 0 spiro atoms. The number of imidazole rings is 1. The maximum atomic E-state index is 12.4. The zero-order valence-corrected chi connectivity index (χ0v) is 20.2. The van der Waals surface area contributed by atoms with E-state index in [9.17, 15) is 4.79 Å². The molecule has 4 heterocycles. The molecule has 0 aliphatic heterocycles. The maximum Gasteiger partial charge on any atom is 0.296 e. The minimum atomic E-state index is -0.350. The Kier molecular flexibility index (Phi) is 6.31. The average molecular weight is 478 g/mol. The van der Waals surface area contributed by atoms with Gasteiger partial charge in [0.05, 0.1) is 24.8 Å². The van der Waals surface area contributed by atoms with Crippen molar-refractivity contribution in [2.75, 3.05) is 12.4 Å². The fourth-order valence-electron chi connectivity index (χ4n) is 3.89. The van der Waals surface area contributed by atoms with E-state index in [0.29, 0.717) is 11.5 Å². The summed E-state index contributed by atoms with van der Waals surface area (Å²) < 4.78 is 9.07. The second-order valence-corrected chi connectivity index (χ2v) is 8.36. The quantitative estimate of drug-likeness (QED) is 0.299. The largest absolute Gasteiger partial charge is 0.364 e. The summed E-state index contributed by atoms with van der Waals surface area (Å²) >= 11 is 0. The summed E-state index contributed by atoms with van der Waals surface area (Å²) in [4.78, 5) is 17.2. The van der Waals surface area contributed by atoms with Crippen LogP contribution in [0, 0.1) is 11.8 Å². The minimum absolute atomic E-state index is 0.168. The number of rotatable bonds is 5. The fraction of sp³-hybridized carbons (Fsp3) is 0.143. The highest BCUT2D eigenvalue weighted by Gasteiger charge is 2.22. The molecular formula is C28H25N6O2+. The lowest BCUT2D eigenvalue weighted by atomic mass is 10.1. The number of likely N-dealkylation sites (N-methyl/N-ethyl adjacent to an activating group) is 1. The molecule has 8 heteroatoms. The molecular weight excluding hydrogens is 452 g/mol. The van der Waals surface area contributed by atoms with Gasteiger partial charge in [0.1, 0.15) is 29.7 Å². The SMILES string of the molecule is CNC(C)C(=O)Nc1ccc(-c2n3ccccc3c[n+]2C)c(C#Cc2ccc(-c3ccon3)cc2)n1. The van der Waals surface area contributed by atoms with Crippen LogP contribution in [0.1, 0.15) is 18.2 Å². The molecule has 4 aromatic heterocycles. The Hall–Kier alpha value is -4.74. The van der Waals surface area contributed by atoms with E-state index in [4.69, 9.17) is 9.51 Å². The second-order valence-electron chi connectivity index (χ2n) is 8.36. The third kappa shape index (κ3) is 4.60. The van der Waals surface area contributed by atoms with Gasteiger partial charge < -0.3 is 15.2 Å². The summed E-state index contributed by atoms with van der Waals surface area (Å²) in [6, 6.07) is 19.0. The van der Waals surface area contributed by atoms with Crippen molar-refractivity contribution >= 4 is 17.2 Å². The van der Waals surface area contributed by atoms with E-state index in [1.54, 1.807) is 26.3 Å². The minimum Gasteiger partial charge on any atom is -0.364 e. The van der Waals surface area contributed by atoms with Gasteiger partial charge in [0, 0.05) is 17.2 Å². The number of hydrogen-bond acceptors (Lipinski definition) is 5. The molecule has 178 valence electrons. The molecule has 0 aliphatic carbocycles. The summed E-state index contributed by atoms with van der Waals surface area (Å²) in [6.45, 7) is 1.79. The third-order valence-corrected chi connectivity index (χ3v) is 5.94. The number of nitrogens with zero attached hydrogens (tertiary/aromatic N) is 4. The molecule has 2 N–H and O–H groups in total. The van der Waals surface area contributed by atoms with Crippen LogP contribution in [-0.4, -0.2) is 33.5 Å². The normalized spacial score (nSPS) is 11.6. The van der Waals surface area contributed by atoms with Crippen LogP contribution in [0.4, 0.5) is 5.82 Å². The predicted molar refractivity (Wildman–Crippen MR) is 137 cm³/mol. The van der Waals surface area contributed by atoms with Gasteiger partial charge in [-0.05, 0) is 56.3 Å². The molecule has 0 bridgehead atoms. The number of carbonyl (C=O) groups is 1. The summed E-state index contributed by atoms with van der Waals surface area (Å²) in [5.74, 6) is 7.66. The van der Waals surface area contributed by atoms with E-state index >= 15 is 0 Å². The second kappa shape index (κ2) is 9.86. The van der Waals surface area contributed by atoms with E-state index in [1.807, 2.05) is 72.4 Å². The zero-order valence-electron chi connectivity index (χ0n) is 20.2. The van der Waals surface area contributed by atoms with E-state index in [2.05, 4.69) is 38.2 Å². The van der Waals surface area contributed by atoms with Crippen molar-refractivity contribution in [3.05, 3.63) is 90.6 Å². The van der Waals surface area contributed by atoms with Gasteiger partial charge in [-0.25, -0.2) is 9.55 Å². The van der Waals surface area contributed by atoms with Crippen molar-refractivity contribution in [1.29, 1.82) is 0 Å². The van der Waals surface area contributed by atoms with Crippen LogP contribution in [0.15, 0.2) is 83.8 Å². The monoisotopic (exact) mass is 477 g/mol.